The van der Waals surface area contributed by atoms with E-state index in [0.717, 1.165) is 16.6 Å². The van der Waals surface area contributed by atoms with Crippen LogP contribution in [0.25, 0.3) is 11.0 Å². The van der Waals surface area contributed by atoms with Gasteiger partial charge in [0.15, 0.2) is 0 Å². The van der Waals surface area contributed by atoms with Crippen molar-refractivity contribution in [2.24, 2.45) is 0 Å². The summed E-state index contributed by atoms with van der Waals surface area (Å²) in [4.78, 5) is 23.5. The minimum absolute atomic E-state index is 0.0710. The van der Waals surface area contributed by atoms with E-state index in [4.69, 9.17) is 5.11 Å². The SMILES string of the molecule is Cc1ccc(Cn2c(=O)n(CCC(=O)O)c3ccccc32)cc1. The molecule has 0 bridgehead atoms. The maximum atomic E-state index is 12.7. The maximum Gasteiger partial charge on any atom is 0.329 e. The Labute approximate surface area is 133 Å². The number of imidazole rings is 1. The van der Waals surface area contributed by atoms with Crippen LogP contribution in [-0.2, 0) is 17.9 Å². The third-order valence-corrected chi connectivity index (χ3v) is 3.94. The van der Waals surface area contributed by atoms with Crippen LogP contribution in [-0.4, -0.2) is 20.2 Å². The summed E-state index contributed by atoms with van der Waals surface area (Å²) in [6.45, 7) is 2.67. The maximum absolute atomic E-state index is 12.7. The van der Waals surface area contributed by atoms with Crippen LogP contribution in [0.4, 0.5) is 0 Å². The summed E-state index contributed by atoms with van der Waals surface area (Å²) in [6.07, 6.45) is -0.0710. The Kier molecular flexibility index (Phi) is 4.02. The van der Waals surface area contributed by atoms with Crippen LogP contribution in [0.3, 0.4) is 0 Å². The van der Waals surface area contributed by atoms with Gasteiger partial charge in [-0.15, -0.1) is 0 Å². The summed E-state index contributed by atoms with van der Waals surface area (Å²) in [7, 11) is 0. The number of carboxylic acid groups (broad SMARTS) is 1. The average molecular weight is 310 g/mol. The number of para-hydroxylation sites is 2. The first-order valence-electron chi connectivity index (χ1n) is 7.51. The monoisotopic (exact) mass is 310 g/mol. The zero-order chi connectivity index (χ0) is 16.4. The molecule has 118 valence electrons. The smallest absolute Gasteiger partial charge is 0.329 e. The molecular weight excluding hydrogens is 292 g/mol. The number of fused-ring (bicyclic) bond motifs is 1. The van der Waals surface area contributed by atoms with Crippen LogP contribution in [0.15, 0.2) is 53.3 Å². The molecule has 23 heavy (non-hydrogen) atoms. The zero-order valence-corrected chi connectivity index (χ0v) is 12.9. The lowest BCUT2D eigenvalue weighted by molar-refractivity contribution is -0.137. The number of hydrogen-bond donors (Lipinski definition) is 1. The highest BCUT2D eigenvalue weighted by Gasteiger charge is 2.13. The molecule has 2 aromatic carbocycles. The summed E-state index contributed by atoms with van der Waals surface area (Å²) in [5.74, 6) is -0.910. The molecule has 1 N–H and O–H groups in total. The van der Waals surface area contributed by atoms with Crippen LogP contribution in [0, 0.1) is 6.92 Å². The lowest BCUT2D eigenvalue weighted by Gasteiger charge is -2.04. The fourth-order valence-corrected chi connectivity index (χ4v) is 2.72. The minimum Gasteiger partial charge on any atom is -0.481 e. The van der Waals surface area contributed by atoms with Gasteiger partial charge in [-0.3, -0.25) is 13.9 Å². The van der Waals surface area contributed by atoms with Crippen molar-refractivity contribution in [3.05, 3.63) is 70.1 Å². The third kappa shape index (κ3) is 3.04. The van der Waals surface area contributed by atoms with Crippen LogP contribution in [0.1, 0.15) is 17.5 Å². The van der Waals surface area contributed by atoms with Gasteiger partial charge in [0.25, 0.3) is 0 Å². The summed E-state index contributed by atoms with van der Waals surface area (Å²) < 4.78 is 3.24. The van der Waals surface area contributed by atoms with Crippen molar-refractivity contribution in [1.82, 2.24) is 9.13 Å². The molecule has 0 spiro atoms. The summed E-state index contributed by atoms with van der Waals surface area (Å²) in [5.41, 5.74) is 3.63. The standard InChI is InChI=1S/C18H18N2O3/c1-13-6-8-14(9-7-13)12-20-16-5-3-2-4-15(16)19(18(20)23)11-10-17(21)22/h2-9H,10-12H2,1H3,(H,21,22). The van der Waals surface area contributed by atoms with Crippen molar-refractivity contribution in [1.29, 1.82) is 0 Å². The molecule has 1 aromatic heterocycles. The van der Waals surface area contributed by atoms with E-state index < -0.39 is 5.97 Å². The van der Waals surface area contributed by atoms with Crippen molar-refractivity contribution in [3.8, 4) is 0 Å². The zero-order valence-electron chi connectivity index (χ0n) is 12.9. The van der Waals surface area contributed by atoms with Crippen molar-refractivity contribution < 1.29 is 9.90 Å². The second-order valence-corrected chi connectivity index (χ2v) is 5.64. The van der Waals surface area contributed by atoms with Crippen molar-refractivity contribution in [3.63, 3.8) is 0 Å². The Morgan fingerprint density at radius 3 is 2.22 bits per heavy atom. The van der Waals surface area contributed by atoms with E-state index in [1.54, 1.807) is 4.57 Å². The molecule has 0 saturated carbocycles. The van der Waals surface area contributed by atoms with Gasteiger partial charge >= 0.3 is 11.7 Å². The van der Waals surface area contributed by atoms with E-state index in [1.807, 2.05) is 55.5 Å². The first kappa shape index (κ1) is 15.1. The Balaban J connectivity index is 2.05. The average Bonchev–Trinajstić information content (AvgIpc) is 2.80. The summed E-state index contributed by atoms with van der Waals surface area (Å²) >= 11 is 0. The quantitative estimate of drug-likeness (QED) is 0.788. The molecule has 0 amide bonds. The number of carboxylic acids is 1. The van der Waals surface area contributed by atoms with E-state index in [-0.39, 0.29) is 18.7 Å². The molecule has 0 saturated heterocycles. The molecule has 0 atom stereocenters. The lowest BCUT2D eigenvalue weighted by atomic mass is 10.1. The van der Waals surface area contributed by atoms with E-state index in [0.29, 0.717) is 6.54 Å². The highest BCUT2D eigenvalue weighted by atomic mass is 16.4. The molecule has 1 heterocycles. The number of hydrogen-bond acceptors (Lipinski definition) is 2. The largest absolute Gasteiger partial charge is 0.481 e. The van der Waals surface area contributed by atoms with Gasteiger partial charge in [-0.1, -0.05) is 42.0 Å². The van der Waals surface area contributed by atoms with Gasteiger partial charge in [0.2, 0.25) is 0 Å². The van der Waals surface area contributed by atoms with E-state index in [9.17, 15) is 9.59 Å². The van der Waals surface area contributed by atoms with Crippen molar-refractivity contribution in [2.75, 3.05) is 0 Å². The molecule has 0 aliphatic heterocycles. The Morgan fingerprint density at radius 1 is 1.00 bits per heavy atom. The van der Waals surface area contributed by atoms with Gasteiger partial charge in [-0.05, 0) is 24.6 Å². The molecule has 0 unspecified atom stereocenters. The van der Waals surface area contributed by atoms with E-state index in [1.165, 1.54) is 10.1 Å². The molecule has 0 aliphatic carbocycles. The Bertz CT molecular complexity index is 904. The first-order valence-corrected chi connectivity index (χ1v) is 7.51. The van der Waals surface area contributed by atoms with Gasteiger partial charge in [0.05, 0.1) is 24.0 Å². The number of rotatable bonds is 5. The second kappa shape index (κ2) is 6.12. The fourth-order valence-electron chi connectivity index (χ4n) is 2.72. The predicted octanol–water partition coefficient (Wildman–Crippen LogP) is 2.63. The number of aliphatic carboxylic acids is 1. The number of nitrogens with zero attached hydrogens (tertiary/aromatic N) is 2. The molecule has 5 heteroatoms. The highest BCUT2D eigenvalue weighted by Crippen LogP contribution is 2.15. The number of aromatic nitrogens is 2. The number of aryl methyl sites for hydroxylation is 2. The lowest BCUT2D eigenvalue weighted by Crippen LogP contribution is -2.25. The van der Waals surface area contributed by atoms with E-state index >= 15 is 0 Å². The van der Waals surface area contributed by atoms with Crippen LogP contribution < -0.4 is 5.69 Å². The molecule has 0 radical (unpaired) electrons. The molecule has 3 rings (SSSR count). The Morgan fingerprint density at radius 2 is 1.61 bits per heavy atom. The number of benzene rings is 2. The molecule has 0 aliphatic rings. The predicted molar refractivity (Wildman–Crippen MR) is 88.7 cm³/mol. The molecular formula is C18H18N2O3. The van der Waals surface area contributed by atoms with Crippen LogP contribution in [0.2, 0.25) is 0 Å². The van der Waals surface area contributed by atoms with Gasteiger partial charge in [0.1, 0.15) is 0 Å². The van der Waals surface area contributed by atoms with Crippen LogP contribution >= 0.6 is 0 Å². The molecule has 0 fully saturated rings. The van der Waals surface area contributed by atoms with Gasteiger partial charge in [-0.2, -0.15) is 0 Å². The van der Waals surface area contributed by atoms with Gasteiger partial charge in [0, 0.05) is 6.54 Å². The topological polar surface area (TPSA) is 64.2 Å². The second-order valence-electron chi connectivity index (χ2n) is 5.64. The minimum atomic E-state index is -0.910. The Hall–Kier alpha value is -2.82. The highest BCUT2D eigenvalue weighted by molar-refractivity contribution is 5.76. The van der Waals surface area contributed by atoms with Crippen molar-refractivity contribution >= 4 is 17.0 Å². The fraction of sp³-hybridized carbons (Fsp3) is 0.222. The van der Waals surface area contributed by atoms with Crippen molar-refractivity contribution in [2.45, 2.75) is 26.4 Å². The third-order valence-electron chi connectivity index (χ3n) is 3.94. The normalized spacial score (nSPS) is 11.0. The summed E-state index contributed by atoms with van der Waals surface area (Å²) in [6, 6.07) is 15.5. The van der Waals surface area contributed by atoms with Crippen LogP contribution in [0.5, 0.6) is 0 Å². The van der Waals surface area contributed by atoms with Gasteiger partial charge < -0.3 is 5.11 Å². The molecule has 5 nitrogen and oxygen atoms in total. The number of carbonyl (C=O) groups is 1. The molecule has 3 aromatic rings. The summed E-state index contributed by atoms with van der Waals surface area (Å²) in [5, 5.41) is 8.88. The first-order chi connectivity index (χ1) is 11.1. The van der Waals surface area contributed by atoms with E-state index in [2.05, 4.69) is 0 Å². The van der Waals surface area contributed by atoms with Gasteiger partial charge in [-0.25, -0.2) is 4.79 Å².